The Balaban J connectivity index is 1.42. The Kier molecular flexibility index (Phi) is 6.74. The van der Waals surface area contributed by atoms with Gasteiger partial charge in [-0.2, -0.15) is 0 Å². The summed E-state index contributed by atoms with van der Waals surface area (Å²) in [6.07, 6.45) is 18.0. The molecule has 0 bridgehead atoms. The van der Waals surface area contributed by atoms with Gasteiger partial charge in [0.1, 0.15) is 5.76 Å². The first-order valence-corrected chi connectivity index (χ1v) is 15.0. The Morgan fingerprint density at radius 1 is 1.06 bits per heavy atom. The van der Waals surface area contributed by atoms with Crippen LogP contribution >= 0.6 is 0 Å². The van der Waals surface area contributed by atoms with E-state index in [2.05, 4.69) is 54.5 Å². The van der Waals surface area contributed by atoms with E-state index in [-0.39, 0.29) is 11.2 Å². The molecule has 5 rings (SSSR count). The van der Waals surface area contributed by atoms with Crippen LogP contribution in [0.3, 0.4) is 0 Å². The highest BCUT2D eigenvalue weighted by atomic mass is 16.3. The lowest BCUT2D eigenvalue weighted by Gasteiger charge is -2.60. The predicted molar refractivity (Wildman–Crippen MR) is 149 cm³/mol. The maximum absolute atomic E-state index is 13.7. The smallest absolute Gasteiger partial charge is 0.168 e. The van der Waals surface area contributed by atoms with Gasteiger partial charge in [0, 0.05) is 11.0 Å². The summed E-state index contributed by atoms with van der Waals surface area (Å²) >= 11 is 0. The van der Waals surface area contributed by atoms with E-state index in [1.54, 1.807) is 6.26 Å². The average molecular weight is 491 g/mol. The van der Waals surface area contributed by atoms with Gasteiger partial charge in [0.05, 0.1) is 6.26 Å². The van der Waals surface area contributed by atoms with Crippen LogP contribution < -0.4 is 0 Å². The molecule has 198 valence electrons. The number of carbonyl (C=O) groups excluding carboxylic acids is 1. The normalized spacial score (nSPS) is 39.5. The van der Waals surface area contributed by atoms with Crippen LogP contribution in [0.25, 0.3) is 6.08 Å². The summed E-state index contributed by atoms with van der Waals surface area (Å²) in [5.41, 5.74) is 2.53. The highest BCUT2D eigenvalue weighted by Crippen LogP contribution is 2.69. The molecular weight excluding hydrogens is 440 g/mol. The fraction of sp³-hybridized carbons (Fsp3) is 0.735. The van der Waals surface area contributed by atoms with Crippen LogP contribution in [0.5, 0.6) is 0 Å². The van der Waals surface area contributed by atoms with Crippen molar-refractivity contribution < 1.29 is 9.21 Å². The molecule has 4 aliphatic rings. The molecule has 0 spiro atoms. The molecule has 7 atom stereocenters. The largest absolute Gasteiger partial charge is 0.465 e. The second kappa shape index (κ2) is 9.32. The first-order valence-electron chi connectivity index (χ1n) is 15.0. The number of allylic oxidation sites excluding steroid dienone is 3. The number of Topliss-reactive ketones (excluding diaryl/α,β-unsaturated/α-hetero) is 1. The monoisotopic (exact) mass is 490 g/mol. The van der Waals surface area contributed by atoms with Crippen molar-refractivity contribution in [2.45, 2.75) is 106 Å². The molecule has 0 unspecified atom stereocenters. The Hall–Kier alpha value is -1.57. The fourth-order valence-electron chi connectivity index (χ4n) is 9.98. The van der Waals surface area contributed by atoms with Crippen LogP contribution in [0.4, 0.5) is 0 Å². The van der Waals surface area contributed by atoms with E-state index in [4.69, 9.17) is 4.42 Å². The van der Waals surface area contributed by atoms with Crippen molar-refractivity contribution in [3.8, 4) is 0 Å². The Bertz CT molecular complexity index is 1020. The zero-order valence-electron chi connectivity index (χ0n) is 24.0. The lowest BCUT2D eigenvalue weighted by molar-refractivity contribution is -0.126. The van der Waals surface area contributed by atoms with Gasteiger partial charge in [-0.15, -0.1) is 0 Å². The lowest BCUT2D eigenvalue weighted by Crippen LogP contribution is -2.54. The third-order valence-corrected chi connectivity index (χ3v) is 11.6. The number of hydrogen-bond acceptors (Lipinski definition) is 2. The van der Waals surface area contributed by atoms with Crippen LogP contribution in [0.2, 0.25) is 0 Å². The van der Waals surface area contributed by atoms with Gasteiger partial charge in [0.15, 0.2) is 5.78 Å². The molecule has 0 N–H and O–H groups in total. The highest BCUT2D eigenvalue weighted by molar-refractivity contribution is 6.06. The number of hydrogen-bond donors (Lipinski definition) is 0. The second-order valence-corrected chi connectivity index (χ2v) is 14.5. The lowest BCUT2D eigenvalue weighted by atomic mass is 9.44. The molecule has 4 aliphatic carbocycles. The van der Waals surface area contributed by atoms with Crippen molar-refractivity contribution in [2.75, 3.05) is 0 Å². The van der Waals surface area contributed by atoms with Gasteiger partial charge in [-0.3, -0.25) is 4.79 Å². The Labute approximate surface area is 220 Å². The van der Waals surface area contributed by atoms with Gasteiger partial charge >= 0.3 is 0 Å². The van der Waals surface area contributed by atoms with Crippen molar-refractivity contribution in [1.82, 2.24) is 0 Å². The van der Waals surface area contributed by atoms with Gasteiger partial charge in [-0.05, 0) is 117 Å². The fourth-order valence-corrected chi connectivity index (χ4v) is 9.98. The summed E-state index contributed by atoms with van der Waals surface area (Å²) in [4.78, 5) is 13.7. The summed E-state index contributed by atoms with van der Waals surface area (Å²) in [6, 6.07) is 3.88. The number of rotatable bonds is 6. The molecule has 2 nitrogen and oxygen atoms in total. The zero-order chi connectivity index (χ0) is 25.9. The van der Waals surface area contributed by atoms with E-state index in [0.29, 0.717) is 11.3 Å². The molecule has 1 heterocycles. The van der Waals surface area contributed by atoms with Gasteiger partial charge in [-0.1, -0.05) is 65.5 Å². The van der Waals surface area contributed by atoms with Crippen LogP contribution in [0, 0.1) is 51.8 Å². The summed E-state index contributed by atoms with van der Waals surface area (Å²) in [5.74, 6) is 5.92. The van der Waals surface area contributed by atoms with E-state index in [1.165, 1.54) is 56.9 Å². The van der Waals surface area contributed by atoms with Crippen molar-refractivity contribution in [2.24, 2.45) is 51.8 Å². The predicted octanol–water partition coefficient (Wildman–Crippen LogP) is 9.52. The quantitative estimate of drug-likeness (QED) is 0.293. The van der Waals surface area contributed by atoms with E-state index < -0.39 is 5.41 Å². The molecule has 0 radical (unpaired) electrons. The molecule has 2 heteroatoms. The summed E-state index contributed by atoms with van der Waals surface area (Å²) in [6.45, 7) is 16.8. The molecule has 3 saturated carbocycles. The number of carbonyl (C=O) groups is 1. The van der Waals surface area contributed by atoms with Crippen molar-refractivity contribution in [1.29, 1.82) is 0 Å². The van der Waals surface area contributed by atoms with Crippen LogP contribution in [-0.4, -0.2) is 5.78 Å². The minimum Gasteiger partial charge on any atom is -0.465 e. The molecule has 3 fully saturated rings. The maximum Gasteiger partial charge on any atom is 0.168 e. The average Bonchev–Trinajstić information content (AvgIpc) is 3.44. The SMILES string of the molecule is CC(C)CCC[C@@H](C)[C@@H]1CC[C@@H]2[C@H]3CC=C4C(C)(C)C(=O)/C(=C\c5ccco5)C[C@]4(C)[C@@H]3CC[C@]21C. The molecule has 0 amide bonds. The first-order chi connectivity index (χ1) is 17.0. The second-order valence-electron chi connectivity index (χ2n) is 14.5. The third-order valence-electron chi connectivity index (χ3n) is 11.6. The van der Waals surface area contributed by atoms with Gasteiger partial charge in [-0.25, -0.2) is 0 Å². The first kappa shape index (κ1) is 26.1. The highest BCUT2D eigenvalue weighted by Gasteiger charge is 2.61. The molecule has 0 aliphatic heterocycles. The summed E-state index contributed by atoms with van der Waals surface area (Å²) in [5, 5.41) is 0. The number of furan rings is 1. The minimum atomic E-state index is -0.430. The van der Waals surface area contributed by atoms with Gasteiger partial charge in [0.25, 0.3) is 0 Å². The zero-order valence-corrected chi connectivity index (χ0v) is 24.0. The molecule has 1 aromatic rings. The maximum atomic E-state index is 13.7. The topological polar surface area (TPSA) is 30.2 Å². The number of fused-ring (bicyclic) bond motifs is 5. The van der Waals surface area contributed by atoms with E-state index >= 15 is 0 Å². The van der Waals surface area contributed by atoms with Crippen molar-refractivity contribution >= 4 is 11.9 Å². The van der Waals surface area contributed by atoms with Gasteiger partial charge < -0.3 is 4.42 Å². The standard InChI is InChI=1S/C34H50O2/c1-22(2)10-8-11-23(3)27-14-15-28-26-13-16-30-32(4,5)31(35)24(20-25-12-9-19-36-25)21-34(30,7)29(26)17-18-33(27,28)6/h9,12,16,19-20,22-23,26-29H,8,10-11,13-15,17-18,21H2,1-7H3/b24-20-/t23-,26-,27+,28-,29-,33+,34-/m1/s1. The Morgan fingerprint density at radius 3 is 2.53 bits per heavy atom. The minimum absolute atomic E-state index is 0.0705. The van der Waals surface area contributed by atoms with E-state index in [1.807, 2.05) is 18.2 Å². The third kappa shape index (κ3) is 4.10. The van der Waals surface area contributed by atoms with E-state index in [9.17, 15) is 4.79 Å². The van der Waals surface area contributed by atoms with Crippen molar-refractivity contribution in [3.05, 3.63) is 41.4 Å². The van der Waals surface area contributed by atoms with Gasteiger partial charge in [0.2, 0.25) is 0 Å². The Morgan fingerprint density at radius 2 is 1.83 bits per heavy atom. The summed E-state index contributed by atoms with van der Waals surface area (Å²) in [7, 11) is 0. The van der Waals surface area contributed by atoms with Crippen LogP contribution in [0.15, 0.2) is 40.0 Å². The van der Waals surface area contributed by atoms with Crippen molar-refractivity contribution in [3.63, 3.8) is 0 Å². The molecule has 36 heavy (non-hydrogen) atoms. The summed E-state index contributed by atoms with van der Waals surface area (Å²) < 4.78 is 5.63. The molecule has 1 aromatic heterocycles. The van der Waals surface area contributed by atoms with Crippen LogP contribution in [0.1, 0.15) is 112 Å². The van der Waals surface area contributed by atoms with E-state index in [0.717, 1.165) is 47.3 Å². The number of ketones is 1. The molecule has 0 aromatic carbocycles. The van der Waals surface area contributed by atoms with Crippen LogP contribution in [-0.2, 0) is 4.79 Å². The molecule has 0 saturated heterocycles. The molecular formula is C34H50O2.